The minimum absolute atomic E-state index is 0.0250. The molecule has 4 fully saturated rings. The highest BCUT2D eigenvalue weighted by Gasteiger charge is 2.44. The lowest BCUT2D eigenvalue weighted by atomic mass is 9.85. The molecule has 4 N–H and O–H groups in total. The SMILES string of the molecule is C=CC(=O)N1CCN(c2nc(O[C@@H]3CCC[C@H]3N3CCC(COCC(=O)N[C@H](C(=O)N4C[C@H](O)C[C@H]4C(=C)N[C@@H](C)c4ccc(-c5scnc5C)cc4)C(C)(C)C)CC3)nc3c(F)c(-c4cc(O)cc5ccccc45)c(Cl)cc23)CC1. The summed E-state index contributed by atoms with van der Waals surface area (Å²) in [6.07, 6.45) is 4.91. The van der Waals surface area contributed by atoms with Gasteiger partial charge in [0.25, 0.3) is 0 Å². The van der Waals surface area contributed by atoms with Crippen LogP contribution in [0, 0.1) is 24.1 Å². The molecule has 4 aliphatic rings. The summed E-state index contributed by atoms with van der Waals surface area (Å²) in [5, 5.41) is 30.1. The molecular formula is C62H73ClFN9O7S. The van der Waals surface area contributed by atoms with E-state index in [4.69, 9.17) is 31.0 Å². The Morgan fingerprint density at radius 1 is 0.963 bits per heavy atom. The van der Waals surface area contributed by atoms with E-state index in [0.717, 1.165) is 77.7 Å². The first-order valence-corrected chi connectivity index (χ1v) is 29.4. The first-order chi connectivity index (χ1) is 38.8. The summed E-state index contributed by atoms with van der Waals surface area (Å²) < 4.78 is 30.2. The molecule has 16 nitrogen and oxygen atoms in total. The van der Waals surface area contributed by atoms with Crippen LogP contribution in [0.25, 0.3) is 43.2 Å². The Morgan fingerprint density at radius 2 is 1.70 bits per heavy atom. The molecule has 5 heterocycles. The van der Waals surface area contributed by atoms with E-state index in [0.29, 0.717) is 61.7 Å². The van der Waals surface area contributed by atoms with Crippen LogP contribution < -0.4 is 20.3 Å². The topological polar surface area (TPSA) is 186 Å². The zero-order chi connectivity index (χ0) is 57.3. The summed E-state index contributed by atoms with van der Waals surface area (Å²) in [5.41, 5.74) is 5.55. The van der Waals surface area contributed by atoms with Crippen molar-refractivity contribution in [2.24, 2.45) is 11.3 Å². The predicted octanol–water partition coefficient (Wildman–Crippen LogP) is 9.60. The quantitative estimate of drug-likeness (QED) is 0.0634. The van der Waals surface area contributed by atoms with Crippen molar-refractivity contribution < 1.29 is 38.5 Å². The van der Waals surface area contributed by atoms with Gasteiger partial charge in [-0.3, -0.25) is 19.3 Å². The second kappa shape index (κ2) is 24.4. The number of halogens is 2. The van der Waals surface area contributed by atoms with E-state index < -0.39 is 29.4 Å². The van der Waals surface area contributed by atoms with Crippen molar-refractivity contribution in [3.05, 3.63) is 119 Å². The Balaban J connectivity index is 0.757. The van der Waals surface area contributed by atoms with Crippen LogP contribution in [0.3, 0.4) is 0 Å². The second-order valence-corrected chi connectivity index (χ2v) is 24.5. The standard InChI is InChI=1S/C62H73ClFN9O7S/c1-8-53(77)71-24-26-72(27-25-71)59-47-31-48(63)54(46-29-43(74)28-42-12-9-10-13-45(42)46)55(64)56(47)68-61(69-59)80-51-15-11-14-49(51)70-22-20-39(21-23-70)33-79-34-52(76)67-58(62(5,6)7)60(78)73-32-44(75)30-50(73)37(3)66-36(2)40-16-18-41(19-17-40)57-38(4)65-35-81-57/h8-10,12-13,16-19,28-29,31,35-36,39,44,49-51,58,66,74-75H,1,3,11,14-15,20-27,30,32-34H2,2,4-7H3,(H,67,76)/t36-,44+,49+,50-,51+,58+/m0/s1. The highest BCUT2D eigenvalue weighted by molar-refractivity contribution is 7.13. The lowest BCUT2D eigenvalue weighted by molar-refractivity contribution is -0.141. The number of nitrogens with one attached hydrogen (secondary N) is 2. The van der Waals surface area contributed by atoms with E-state index in [1.54, 1.807) is 33.3 Å². The van der Waals surface area contributed by atoms with Gasteiger partial charge in [0, 0.05) is 67.9 Å². The molecule has 81 heavy (non-hydrogen) atoms. The fourth-order valence-electron chi connectivity index (χ4n) is 12.2. The summed E-state index contributed by atoms with van der Waals surface area (Å²) >= 11 is 8.60. The zero-order valence-corrected chi connectivity index (χ0v) is 48.4. The van der Waals surface area contributed by atoms with E-state index in [1.165, 1.54) is 12.1 Å². The van der Waals surface area contributed by atoms with Gasteiger partial charge < -0.3 is 45.0 Å². The molecule has 2 aromatic heterocycles. The number of phenolic OH excluding ortho intramolecular Hbond substituents is 1. The fourth-order valence-corrected chi connectivity index (χ4v) is 13.3. The molecule has 1 aliphatic carbocycles. The van der Waals surface area contributed by atoms with Gasteiger partial charge >= 0.3 is 6.01 Å². The number of β-amino-alcohol motifs (C(OH)–C–C–N with tert-alkyl or cyclic N) is 1. The van der Waals surface area contributed by atoms with Gasteiger partial charge in [0.1, 0.15) is 35.8 Å². The summed E-state index contributed by atoms with van der Waals surface area (Å²) in [4.78, 5) is 63.6. The molecule has 10 rings (SSSR count). The number of thiazole rings is 1. The number of carbonyl (C=O) groups is 3. The van der Waals surface area contributed by atoms with Crippen LogP contribution in [-0.2, 0) is 19.1 Å². The number of benzene rings is 4. The van der Waals surface area contributed by atoms with Crippen LogP contribution in [-0.4, -0.2) is 147 Å². The lowest BCUT2D eigenvalue weighted by Crippen LogP contribution is -2.57. The minimum Gasteiger partial charge on any atom is -0.508 e. The number of piperidine rings is 1. The van der Waals surface area contributed by atoms with Crippen LogP contribution in [0.4, 0.5) is 10.2 Å². The molecule has 19 heteroatoms. The molecule has 0 unspecified atom stereocenters. The summed E-state index contributed by atoms with van der Waals surface area (Å²) in [7, 11) is 0. The second-order valence-electron chi connectivity index (χ2n) is 23.2. The molecular weight excluding hydrogens is 1070 g/mol. The third kappa shape index (κ3) is 12.6. The molecule has 6 atom stereocenters. The van der Waals surface area contributed by atoms with Gasteiger partial charge in [-0.2, -0.15) is 9.97 Å². The van der Waals surface area contributed by atoms with Gasteiger partial charge in [0.15, 0.2) is 5.82 Å². The Morgan fingerprint density at radius 3 is 2.41 bits per heavy atom. The van der Waals surface area contributed by atoms with Crippen LogP contribution in [0.1, 0.15) is 83.5 Å². The molecule has 3 saturated heterocycles. The maximum Gasteiger partial charge on any atom is 0.319 e. The fraction of sp³-hybridized carbons (Fsp3) is 0.452. The minimum atomic E-state index is -0.878. The van der Waals surface area contributed by atoms with E-state index >= 15 is 4.39 Å². The zero-order valence-electron chi connectivity index (χ0n) is 46.8. The number of aliphatic hydroxyl groups is 1. The largest absolute Gasteiger partial charge is 0.508 e. The number of hydrogen-bond acceptors (Lipinski definition) is 14. The van der Waals surface area contributed by atoms with Crippen molar-refractivity contribution in [1.29, 1.82) is 0 Å². The van der Waals surface area contributed by atoms with E-state index in [2.05, 4.69) is 57.9 Å². The highest BCUT2D eigenvalue weighted by Crippen LogP contribution is 2.43. The number of ether oxygens (including phenoxy) is 2. The lowest BCUT2D eigenvalue weighted by Gasteiger charge is -2.38. The van der Waals surface area contributed by atoms with Crippen molar-refractivity contribution in [2.75, 3.05) is 63.9 Å². The third-order valence-electron chi connectivity index (χ3n) is 16.6. The number of aromatic hydroxyl groups is 1. The number of fused-ring (bicyclic) bond motifs is 2. The van der Waals surface area contributed by atoms with Gasteiger partial charge in [-0.25, -0.2) is 9.37 Å². The number of aliphatic hydroxyl groups excluding tert-OH is 1. The number of piperazine rings is 1. The molecule has 1 saturated carbocycles. The average molecular weight is 1140 g/mol. The van der Waals surface area contributed by atoms with Gasteiger partial charge in [0.2, 0.25) is 17.7 Å². The molecule has 0 spiro atoms. The van der Waals surface area contributed by atoms with Crippen LogP contribution in [0.15, 0.2) is 97.2 Å². The number of aryl methyl sites for hydroxylation is 1. The Bertz CT molecular complexity index is 3320. The number of amides is 3. The number of phenols is 1. The molecule has 3 amide bonds. The van der Waals surface area contributed by atoms with Crippen molar-refractivity contribution in [3.8, 4) is 33.3 Å². The molecule has 3 aliphatic heterocycles. The maximum atomic E-state index is 17.4. The number of nitrogens with zero attached hydrogens (tertiary/aromatic N) is 7. The summed E-state index contributed by atoms with van der Waals surface area (Å²) in [6, 6.07) is 19.2. The van der Waals surface area contributed by atoms with Crippen LogP contribution in [0.5, 0.6) is 11.8 Å². The summed E-state index contributed by atoms with van der Waals surface area (Å²) in [5.74, 6) is -0.844. The Kier molecular flexibility index (Phi) is 17.3. The van der Waals surface area contributed by atoms with Gasteiger partial charge in [-0.15, -0.1) is 11.3 Å². The van der Waals surface area contributed by atoms with Gasteiger partial charge in [0.05, 0.1) is 39.9 Å². The normalized spacial score (nSPS) is 20.9. The monoisotopic (exact) mass is 1140 g/mol. The van der Waals surface area contributed by atoms with E-state index in [1.807, 2.05) is 69.3 Å². The molecule has 428 valence electrons. The number of aromatic nitrogens is 3. The van der Waals surface area contributed by atoms with Crippen molar-refractivity contribution >= 4 is 68.2 Å². The molecule has 0 radical (unpaired) electrons. The number of carbonyl (C=O) groups excluding carboxylic acids is 3. The summed E-state index contributed by atoms with van der Waals surface area (Å²) in [6.45, 7) is 21.4. The average Bonchev–Trinajstić information content (AvgIpc) is 4.41. The number of anilines is 1. The maximum absolute atomic E-state index is 17.4. The third-order valence-corrected chi connectivity index (χ3v) is 17.9. The smallest absolute Gasteiger partial charge is 0.319 e. The first kappa shape index (κ1) is 57.5. The van der Waals surface area contributed by atoms with E-state index in [-0.39, 0.29) is 82.8 Å². The molecule has 0 bridgehead atoms. The predicted molar refractivity (Wildman–Crippen MR) is 316 cm³/mol. The van der Waals surface area contributed by atoms with Gasteiger partial charge in [-0.05, 0) is 122 Å². The van der Waals surface area contributed by atoms with Crippen molar-refractivity contribution in [3.63, 3.8) is 0 Å². The number of likely N-dealkylation sites (tertiary alicyclic amines) is 2. The Labute approximate surface area is 482 Å². The number of hydrogen-bond donors (Lipinski definition) is 4. The first-order valence-electron chi connectivity index (χ1n) is 28.1. The van der Waals surface area contributed by atoms with E-state index in [9.17, 15) is 24.6 Å². The molecule has 4 aromatic carbocycles. The molecule has 6 aromatic rings. The highest BCUT2D eigenvalue weighted by atomic mass is 35.5. The van der Waals surface area contributed by atoms with Crippen molar-refractivity contribution in [1.82, 2.24) is 40.3 Å². The Hall–Kier alpha value is -6.70. The van der Waals surface area contributed by atoms with Crippen LogP contribution in [0.2, 0.25) is 5.02 Å². The number of rotatable bonds is 17. The van der Waals surface area contributed by atoms with Crippen molar-refractivity contribution in [2.45, 2.75) is 110 Å². The van der Waals surface area contributed by atoms with Crippen LogP contribution >= 0.6 is 22.9 Å². The van der Waals surface area contributed by atoms with Gasteiger partial charge in [-0.1, -0.05) is 94.1 Å².